The van der Waals surface area contributed by atoms with E-state index in [0.29, 0.717) is 11.7 Å². The molecule has 0 bridgehead atoms. The van der Waals surface area contributed by atoms with E-state index in [4.69, 9.17) is 12.2 Å². The Kier molecular flexibility index (Phi) is 6.14. The molecule has 0 aliphatic rings. The molecule has 2 rings (SSSR count). The van der Waals surface area contributed by atoms with E-state index in [9.17, 15) is 0 Å². The van der Waals surface area contributed by atoms with Crippen LogP contribution in [0, 0.1) is 0 Å². The summed E-state index contributed by atoms with van der Waals surface area (Å²) in [6.45, 7) is 4.22. The zero-order valence-electron chi connectivity index (χ0n) is 12.1. The number of hydrogen-bond acceptors (Lipinski definition) is 3. The van der Waals surface area contributed by atoms with Crippen molar-refractivity contribution in [1.29, 1.82) is 0 Å². The second-order valence-corrected chi connectivity index (χ2v) is 4.89. The summed E-state index contributed by atoms with van der Waals surface area (Å²) in [4.78, 5) is 0. The Morgan fingerprint density at radius 2 is 1.73 bits per heavy atom. The van der Waals surface area contributed by atoms with Crippen LogP contribution in [0.25, 0.3) is 0 Å². The summed E-state index contributed by atoms with van der Waals surface area (Å²) in [5, 5.41) is 10.8. The molecule has 112 valence electrons. The van der Waals surface area contributed by atoms with E-state index in [1.54, 1.807) is 12.3 Å². The molecule has 0 amide bonds. The molecule has 0 atom stereocenters. The minimum atomic E-state index is 0.471. The summed E-state index contributed by atoms with van der Waals surface area (Å²) in [5.74, 6) is 0. The summed E-state index contributed by atoms with van der Waals surface area (Å²) in [6, 6.07) is 18.0. The molecule has 2 aromatic carbocycles. The Morgan fingerprint density at radius 1 is 1.05 bits per heavy atom. The van der Waals surface area contributed by atoms with Crippen molar-refractivity contribution in [2.45, 2.75) is 0 Å². The maximum absolute atomic E-state index is 5.03. The van der Waals surface area contributed by atoms with Crippen LogP contribution in [-0.2, 0) is 0 Å². The lowest BCUT2D eigenvalue weighted by atomic mass is 10.2. The molecule has 0 unspecified atom stereocenters. The van der Waals surface area contributed by atoms with Crippen molar-refractivity contribution in [3.8, 4) is 0 Å². The summed E-state index contributed by atoms with van der Waals surface area (Å²) in [7, 11) is 0. The van der Waals surface area contributed by atoms with Crippen molar-refractivity contribution in [1.82, 2.24) is 10.7 Å². The number of rotatable bonds is 6. The summed E-state index contributed by atoms with van der Waals surface area (Å²) >= 11 is 5.03. The third-order valence-corrected chi connectivity index (χ3v) is 3.00. The molecular formula is C17H18N4S. The molecule has 2 aromatic rings. The molecule has 4 nitrogen and oxygen atoms in total. The van der Waals surface area contributed by atoms with Crippen molar-refractivity contribution in [3.05, 3.63) is 72.8 Å². The van der Waals surface area contributed by atoms with Gasteiger partial charge >= 0.3 is 0 Å². The van der Waals surface area contributed by atoms with Gasteiger partial charge in [0.25, 0.3) is 0 Å². The van der Waals surface area contributed by atoms with Gasteiger partial charge in [-0.05, 0) is 42.0 Å². The van der Waals surface area contributed by atoms with Gasteiger partial charge in [-0.3, -0.25) is 5.43 Å². The molecule has 0 spiro atoms. The maximum atomic E-state index is 5.03. The maximum Gasteiger partial charge on any atom is 0.187 e. The Bertz CT molecular complexity index is 635. The lowest BCUT2D eigenvalue weighted by molar-refractivity contribution is 0.942. The quantitative estimate of drug-likeness (QED) is 0.331. The number of hydrazone groups is 1. The normalized spacial score (nSPS) is 10.2. The molecule has 0 aliphatic carbocycles. The van der Waals surface area contributed by atoms with Gasteiger partial charge in [-0.2, -0.15) is 5.10 Å². The van der Waals surface area contributed by atoms with E-state index in [1.165, 1.54) is 0 Å². The molecule has 3 N–H and O–H groups in total. The largest absolute Gasteiger partial charge is 0.358 e. The van der Waals surface area contributed by atoms with Crippen LogP contribution in [0.4, 0.5) is 11.4 Å². The number of nitrogens with zero attached hydrogens (tertiary/aromatic N) is 1. The Hall–Kier alpha value is -2.66. The fraction of sp³-hybridized carbons (Fsp3) is 0.0588. The monoisotopic (exact) mass is 310 g/mol. The molecule has 0 aromatic heterocycles. The number of para-hydroxylation sites is 1. The van der Waals surface area contributed by atoms with Crippen LogP contribution in [0.3, 0.4) is 0 Å². The molecule has 0 saturated heterocycles. The first-order valence-electron chi connectivity index (χ1n) is 6.88. The minimum absolute atomic E-state index is 0.471. The number of nitrogens with one attached hydrogen (secondary N) is 3. The Balaban J connectivity index is 1.86. The van der Waals surface area contributed by atoms with Crippen molar-refractivity contribution < 1.29 is 0 Å². The molecule has 5 heteroatoms. The van der Waals surface area contributed by atoms with E-state index in [1.807, 2.05) is 54.6 Å². The highest BCUT2D eigenvalue weighted by Gasteiger charge is 1.94. The third-order valence-electron chi connectivity index (χ3n) is 2.76. The summed E-state index contributed by atoms with van der Waals surface area (Å²) < 4.78 is 0. The van der Waals surface area contributed by atoms with Crippen molar-refractivity contribution in [2.75, 3.05) is 11.9 Å². The number of thiocarbonyl (C=S) groups is 1. The number of benzene rings is 2. The standard InChI is InChI=1S/C17H18N4S/c1-2-12-18-17(22)21-19-13-14-8-10-16(11-9-14)20-15-6-4-3-5-7-15/h2-11,13,20H,1,12H2,(H2,18,21,22)/b19-13+. The minimum Gasteiger partial charge on any atom is -0.358 e. The average molecular weight is 310 g/mol. The van der Waals surface area contributed by atoms with E-state index in [-0.39, 0.29) is 0 Å². The van der Waals surface area contributed by atoms with Gasteiger partial charge in [-0.15, -0.1) is 6.58 Å². The van der Waals surface area contributed by atoms with Crippen LogP contribution in [-0.4, -0.2) is 17.9 Å². The topological polar surface area (TPSA) is 48.5 Å². The van der Waals surface area contributed by atoms with E-state index in [0.717, 1.165) is 16.9 Å². The van der Waals surface area contributed by atoms with E-state index in [2.05, 4.69) is 27.7 Å². The first-order valence-corrected chi connectivity index (χ1v) is 7.28. The van der Waals surface area contributed by atoms with Crippen LogP contribution >= 0.6 is 12.2 Å². The van der Waals surface area contributed by atoms with Crippen LogP contribution < -0.4 is 16.1 Å². The summed E-state index contributed by atoms with van der Waals surface area (Å²) in [5.41, 5.74) is 5.82. The van der Waals surface area contributed by atoms with Crippen molar-refractivity contribution in [2.24, 2.45) is 5.10 Å². The second kappa shape index (κ2) is 8.59. The predicted octanol–water partition coefficient (Wildman–Crippen LogP) is 3.41. The highest BCUT2D eigenvalue weighted by Crippen LogP contribution is 2.15. The van der Waals surface area contributed by atoms with Crippen LogP contribution in [0.15, 0.2) is 72.4 Å². The lowest BCUT2D eigenvalue weighted by Crippen LogP contribution is -2.31. The van der Waals surface area contributed by atoms with Gasteiger partial charge in [0.15, 0.2) is 5.11 Å². The van der Waals surface area contributed by atoms with Crippen molar-refractivity contribution >= 4 is 34.9 Å². The predicted molar refractivity (Wildman–Crippen MR) is 97.7 cm³/mol. The van der Waals surface area contributed by atoms with Gasteiger partial charge in [0, 0.05) is 17.9 Å². The SMILES string of the molecule is C=CCNC(=S)N/N=C/c1ccc(Nc2ccccc2)cc1. The zero-order chi connectivity index (χ0) is 15.6. The zero-order valence-corrected chi connectivity index (χ0v) is 12.9. The van der Waals surface area contributed by atoms with E-state index >= 15 is 0 Å². The van der Waals surface area contributed by atoms with Crippen LogP contribution in [0.2, 0.25) is 0 Å². The third kappa shape index (κ3) is 5.38. The first-order chi connectivity index (χ1) is 10.8. The van der Waals surface area contributed by atoms with Gasteiger partial charge in [-0.25, -0.2) is 0 Å². The highest BCUT2D eigenvalue weighted by atomic mass is 32.1. The van der Waals surface area contributed by atoms with Gasteiger partial charge < -0.3 is 10.6 Å². The lowest BCUT2D eigenvalue weighted by Gasteiger charge is -2.06. The molecular weight excluding hydrogens is 292 g/mol. The molecule has 0 radical (unpaired) electrons. The average Bonchev–Trinajstić information content (AvgIpc) is 2.55. The molecule has 22 heavy (non-hydrogen) atoms. The van der Waals surface area contributed by atoms with Gasteiger partial charge in [0.05, 0.1) is 6.21 Å². The fourth-order valence-electron chi connectivity index (χ4n) is 1.71. The molecule has 0 aliphatic heterocycles. The Labute approximate surface area is 135 Å². The Morgan fingerprint density at radius 3 is 2.41 bits per heavy atom. The summed E-state index contributed by atoms with van der Waals surface area (Å²) in [6.07, 6.45) is 3.45. The van der Waals surface area contributed by atoms with Gasteiger partial charge in [0.2, 0.25) is 0 Å². The van der Waals surface area contributed by atoms with E-state index < -0.39 is 0 Å². The fourth-order valence-corrected chi connectivity index (χ4v) is 1.85. The van der Waals surface area contributed by atoms with Crippen LogP contribution in [0.1, 0.15) is 5.56 Å². The molecule has 0 saturated carbocycles. The molecule has 0 fully saturated rings. The second-order valence-electron chi connectivity index (χ2n) is 4.48. The number of anilines is 2. The smallest absolute Gasteiger partial charge is 0.187 e. The van der Waals surface area contributed by atoms with Gasteiger partial charge in [0.1, 0.15) is 0 Å². The van der Waals surface area contributed by atoms with Crippen LogP contribution in [0.5, 0.6) is 0 Å². The molecule has 0 heterocycles. The number of hydrogen-bond donors (Lipinski definition) is 3. The first kappa shape index (κ1) is 15.7. The van der Waals surface area contributed by atoms with Crippen molar-refractivity contribution in [3.63, 3.8) is 0 Å². The van der Waals surface area contributed by atoms with Gasteiger partial charge in [-0.1, -0.05) is 36.4 Å². The highest BCUT2D eigenvalue weighted by molar-refractivity contribution is 7.80.